The molecule has 1 rings (SSSR count). The fraction of sp³-hybridized carbons (Fsp3) is 0.462. The van der Waals surface area contributed by atoms with E-state index in [0.29, 0.717) is 29.5 Å². The fourth-order valence-corrected chi connectivity index (χ4v) is 1.68. The normalized spacial score (nSPS) is 11.8. The molecule has 5 nitrogen and oxygen atoms in total. The minimum Gasteiger partial charge on any atom is -0.492 e. The maximum Gasteiger partial charge on any atom is 0.319 e. The second kappa shape index (κ2) is 7.86. The Kier molecular flexibility index (Phi) is 6.45. The highest BCUT2D eigenvalue weighted by molar-refractivity contribution is 6.30. The van der Waals surface area contributed by atoms with Crippen molar-refractivity contribution in [2.45, 2.75) is 26.3 Å². The second-order valence-corrected chi connectivity index (χ2v) is 4.52. The molecule has 0 saturated carbocycles. The van der Waals surface area contributed by atoms with Gasteiger partial charge < -0.3 is 20.5 Å². The standard InChI is InChI=1S/C13H19ClN2O3/c1-3-19-12-8-10(14)4-5-11(12)16-13(18)15-9(2)6-7-17/h4-5,8-9,17H,3,6-7H2,1-2H3,(H2,15,16,18)/t9-/m1/s1. The van der Waals surface area contributed by atoms with Crippen LogP contribution in [-0.4, -0.2) is 30.4 Å². The Morgan fingerprint density at radius 2 is 2.26 bits per heavy atom. The summed E-state index contributed by atoms with van der Waals surface area (Å²) in [5, 5.41) is 14.7. The van der Waals surface area contributed by atoms with Crippen LogP contribution in [0.2, 0.25) is 5.02 Å². The first-order chi connectivity index (χ1) is 9.06. The molecule has 0 aliphatic rings. The van der Waals surface area contributed by atoms with Gasteiger partial charge in [0.2, 0.25) is 0 Å². The predicted molar refractivity (Wildman–Crippen MR) is 75.9 cm³/mol. The molecule has 6 heteroatoms. The third kappa shape index (κ3) is 5.36. The highest BCUT2D eigenvalue weighted by atomic mass is 35.5. The van der Waals surface area contributed by atoms with Gasteiger partial charge in [-0.05, 0) is 32.4 Å². The Bertz CT molecular complexity index is 426. The van der Waals surface area contributed by atoms with E-state index >= 15 is 0 Å². The summed E-state index contributed by atoms with van der Waals surface area (Å²) in [5.41, 5.74) is 0.556. The Hall–Kier alpha value is -1.46. The molecule has 2 amide bonds. The highest BCUT2D eigenvalue weighted by Gasteiger charge is 2.10. The lowest BCUT2D eigenvalue weighted by molar-refractivity contribution is 0.241. The molecule has 0 bridgehead atoms. The van der Waals surface area contributed by atoms with Crippen molar-refractivity contribution in [3.8, 4) is 5.75 Å². The van der Waals surface area contributed by atoms with Crippen molar-refractivity contribution in [2.75, 3.05) is 18.5 Å². The molecule has 0 saturated heterocycles. The topological polar surface area (TPSA) is 70.6 Å². The van der Waals surface area contributed by atoms with Crippen molar-refractivity contribution < 1.29 is 14.6 Å². The van der Waals surface area contributed by atoms with Crippen molar-refractivity contribution in [3.63, 3.8) is 0 Å². The van der Waals surface area contributed by atoms with Crippen LogP contribution in [0.15, 0.2) is 18.2 Å². The third-order valence-corrected chi connectivity index (χ3v) is 2.67. The van der Waals surface area contributed by atoms with Crippen LogP contribution >= 0.6 is 11.6 Å². The number of carbonyl (C=O) groups excluding carboxylic acids is 1. The van der Waals surface area contributed by atoms with Crippen molar-refractivity contribution in [1.82, 2.24) is 5.32 Å². The zero-order valence-electron chi connectivity index (χ0n) is 11.1. The lowest BCUT2D eigenvalue weighted by Crippen LogP contribution is -2.36. The third-order valence-electron chi connectivity index (χ3n) is 2.43. The van der Waals surface area contributed by atoms with Gasteiger partial charge in [-0.2, -0.15) is 0 Å². The Balaban J connectivity index is 2.67. The van der Waals surface area contributed by atoms with Gasteiger partial charge in [-0.1, -0.05) is 11.6 Å². The number of rotatable bonds is 6. The first-order valence-corrected chi connectivity index (χ1v) is 6.55. The number of ether oxygens (including phenoxy) is 1. The van der Waals surface area contributed by atoms with Gasteiger partial charge in [0.1, 0.15) is 5.75 Å². The van der Waals surface area contributed by atoms with Crippen LogP contribution in [0.4, 0.5) is 10.5 Å². The molecule has 0 unspecified atom stereocenters. The van der Waals surface area contributed by atoms with Crippen LogP contribution in [0.3, 0.4) is 0 Å². The summed E-state index contributed by atoms with van der Waals surface area (Å²) in [5.74, 6) is 0.528. The molecule has 0 aliphatic heterocycles. The van der Waals surface area contributed by atoms with Gasteiger partial charge >= 0.3 is 6.03 Å². The second-order valence-electron chi connectivity index (χ2n) is 4.09. The largest absolute Gasteiger partial charge is 0.492 e. The average molecular weight is 287 g/mol. The summed E-state index contributed by atoms with van der Waals surface area (Å²) in [7, 11) is 0. The summed E-state index contributed by atoms with van der Waals surface area (Å²) in [6.07, 6.45) is 0.506. The van der Waals surface area contributed by atoms with E-state index in [1.165, 1.54) is 0 Å². The summed E-state index contributed by atoms with van der Waals surface area (Å²) in [6.45, 7) is 4.19. The number of carbonyl (C=O) groups is 1. The van der Waals surface area contributed by atoms with Gasteiger partial charge in [-0.3, -0.25) is 0 Å². The first kappa shape index (κ1) is 15.6. The van der Waals surface area contributed by atoms with Gasteiger partial charge in [0.05, 0.1) is 12.3 Å². The number of aliphatic hydroxyl groups is 1. The molecule has 1 aromatic rings. The number of aliphatic hydroxyl groups excluding tert-OH is 1. The lowest BCUT2D eigenvalue weighted by atomic mass is 10.2. The van der Waals surface area contributed by atoms with Gasteiger partial charge in [0, 0.05) is 23.7 Å². The Labute approximate surface area is 117 Å². The van der Waals surface area contributed by atoms with Crippen LogP contribution in [0, 0.1) is 0 Å². The van der Waals surface area contributed by atoms with E-state index in [1.807, 2.05) is 13.8 Å². The molecule has 1 atom stereocenters. The van der Waals surface area contributed by atoms with Crippen molar-refractivity contribution in [3.05, 3.63) is 23.2 Å². The molecule has 0 fully saturated rings. The van der Waals surface area contributed by atoms with Crippen LogP contribution < -0.4 is 15.4 Å². The van der Waals surface area contributed by atoms with Crippen LogP contribution in [0.25, 0.3) is 0 Å². The number of amides is 2. The van der Waals surface area contributed by atoms with E-state index in [1.54, 1.807) is 18.2 Å². The molecular formula is C13H19ClN2O3. The van der Waals surface area contributed by atoms with Gasteiger partial charge in [0.25, 0.3) is 0 Å². The van der Waals surface area contributed by atoms with Crippen LogP contribution in [0.1, 0.15) is 20.3 Å². The average Bonchev–Trinajstić information content (AvgIpc) is 2.33. The zero-order chi connectivity index (χ0) is 14.3. The summed E-state index contributed by atoms with van der Waals surface area (Å²) in [6, 6.07) is 4.57. The van der Waals surface area contributed by atoms with E-state index < -0.39 is 0 Å². The molecule has 3 N–H and O–H groups in total. The van der Waals surface area contributed by atoms with E-state index in [0.717, 1.165) is 0 Å². The minimum atomic E-state index is -0.343. The molecule has 0 heterocycles. The number of nitrogens with one attached hydrogen (secondary N) is 2. The number of hydrogen-bond donors (Lipinski definition) is 3. The van der Waals surface area contributed by atoms with E-state index in [9.17, 15) is 4.79 Å². The molecule has 0 spiro atoms. The van der Waals surface area contributed by atoms with Gasteiger partial charge in [-0.25, -0.2) is 4.79 Å². The van der Waals surface area contributed by atoms with Gasteiger partial charge in [0.15, 0.2) is 0 Å². The summed E-state index contributed by atoms with van der Waals surface area (Å²) < 4.78 is 5.40. The maximum absolute atomic E-state index is 11.7. The number of urea groups is 1. The Morgan fingerprint density at radius 3 is 2.89 bits per heavy atom. The fourth-order valence-electron chi connectivity index (χ4n) is 1.52. The van der Waals surface area contributed by atoms with Gasteiger partial charge in [-0.15, -0.1) is 0 Å². The zero-order valence-corrected chi connectivity index (χ0v) is 11.8. The number of anilines is 1. The summed E-state index contributed by atoms with van der Waals surface area (Å²) >= 11 is 5.88. The molecular weight excluding hydrogens is 268 g/mol. The highest BCUT2D eigenvalue weighted by Crippen LogP contribution is 2.28. The van der Waals surface area contributed by atoms with E-state index in [-0.39, 0.29) is 18.7 Å². The first-order valence-electron chi connectivity index (χ1n) is 6.17. The monoisotopic (exact) mass is 286 g/mol. The smallest absolute Gasteiger partial charge is 0.319 e. The SMILES string of the molecule is CCOc1cc(Cl)ccc1NC(=O)N[C@H](C)CCO. The molecule has 0 aromatic heterocycles. The van der Waals surface area contributed by atoms with E-state index in [2.05, 4.69) is 10.6 Å². The summed E-state index contributed by atoms with van der Waals surface area (Å²) in [4.78, 5) is 11.7. The number of benzene rings is 1. The quantitative estimate of drug-likeness (QED) is 0.753. The predicted octanol–water partition coefficient (Wildman–Crippen LogP) is 2.63. The maximum atomic E-state index is 11.7. The lowest BCUT2D eigenvalue weighted by Gasteiger charge is -2.15. The van der Waals surface area contributed by atoms with Crippen molar-refractivity contribution in [1.29, 1.82) is 0 Å². The van der Waals surface area contributed by atoms with Crippen LogP contribution in [-0.2, 0) is 0 Å². The van der Waals surface area contributed by atoms with Crippen LogP contribution in [0.5, 0.6) is 5.75 Å². The minimum absolute atomic E-state index is 0.0343. The molecule has 1 aromatic carbocycles. The van der Waals surface area contributed by atoms with Crippen molar-refractivity contribution >= 4 is 23.3 Å². The molecule has 19 heavy (non-hydrogen) atoms. The Morgan fingerprint density at radius 1 is 1.53 bits per heavy atom. The molecule has 106 valence electrons. The van der Waals surface area contributed by atoms with Crippen molar-refractivity contribution in [2.24, 2.45) is 0 Å². The number of halogens is 1. The van der Waals surface area contributed by atoms with E-state index in [4.69, 9.17) is 21.4 Å². The molecule has 0 radical (unpaired) electrons. The molecule has 0 aliphatic carbocycles. The number of hydrogen-bond acceptors (Lipinski definition) is 3.